The molecule has 2 heteroatoms. The average molecular weight is 168 g/mol. The second-order valence-corrected chi connectivity index (χ2v) is 4.18. The number of nitrogens with one attached hydrogen (secondary N) is 1. The van der Waals surface area contributed by atoms with Crippen molar-refractivity contribution in [1.29, 1.82) is 0 Å². The lowest BCUT2D eigenvalue weighted by molar-refractivity contribution is 0.168. The Kier molecular flexibility index (Phi) is 2.66. The molecule has 0 amide bonds. The molecule has 0 aromatic rings. The molecule has 2 rings (SSSR count). The van der Waals surface area contributed by atoms with Crippen molar-refractivity contribution in [2.75, 3.05) is 19.6 Å². The van der Waals surface area contributed by atoms with Gasteiger partial charge in [-0.15, -0.1) is 0 Å². The predicted molar refractivity (Wildman–Crippen MR) is 51.3 cm³/mol. The van der Waals surface area contributed by atoms with Gasteiger partial charge in [0, 0.05) is 25.2 Å². The van der Waals surface area contributed by atoms with Crippen LogP contribution in [0.15, 0.2) is 0 Å². The number of hydrogen-bond acceptors (Lipinski definition) is 2. The largest absolute Gasteiger partial charge is 0.311 e. The van der Waals surface area contributed by atoms with Crippen LogP contribution in [0, 0.1) is 0 Å². The summed E-state index contributed by atoms with van der Waals surface area (Å²) >= 11 is 0. The van der Waals surface area contributed by atoms with E-state index in [9.17, 15) is 0 Å². The van der Waals surface area contributed by atoms with Gasteiger partial charge in [0.25, 0.3) is 0 Å². The molecule has 0 radical (unpaired) electrons. The summed E-state index contributed by atoms with van der Waals surface area (Å²) in [6.07, 6.45) is 5.51. The minimum absolute atomic E-state index is 0.782. The highest BCUT2D eigenvalue weighted by atomic mass is 15.2. The third-order valence-electron chi connectivity index (χ3n) is 3.23. The first kappa shape index (κ1) is 8.52. The molecule has 2 aliphatic heterocycles. The molecule has 12 heavy (non-hydrogen) atoms. The van der Waals surface area contributed by atoms with E-state index in [1.54, 1.807) is 0 Å². The fourth-order valence-electron chi connectivity index (χ4n) is 2.56. The van der Waals surface area contributed by atoms with Crippen molar-refractivity contribution in [3.05, 3.63) is 0 Å². The molecule has 1 N–H and O–H groups in total. The van der Waals surface area contributed by atoms with E-state index >= 15 is 0 Å². The molecular weight excluding hydrogens is 148 g/mol. The Morgan fingerprint density at radius 2 is 2.42 bits per heavy atom. The normalized spacial score (nSPS) is 36.8. The van der Waals surface area contributed by atoms with Crippen LogP contribution in [0.1, 0.15) is 32.6 Å². The van der Waals surface area contributed by atoms with Gasteiger partial charge in [0.15, 0.2) is 0 Å². The van der Waals surface area contributed by atoms with Gasteiger partial charge in [-0.25, -0.2) is 0 Å². The Morgan fingerprint density at radius 3 is 3.25 bits per heavy atom. The molecule has 2 saturated heterocycles. The first-order chi connectivity index (χ1) is 5.90. The van der Waals surface area contributed by atoms with E-state index in [0.29, 0.717) is 0 Å². The zero-order chi connectivity index (χ0) is 8.39. The maximum absolute atomic E-state index is 3.65. The quantitative estimate of drug-likeness (QED) is 0.667. The van der Waals surface area contributed by atoms with Crippen molar-refractivity contribution in [3.63, 3.8) is 0 Å². The van der Waals surface area contributed by atoms with E-state index in [-0.39, 0.29) is 0 Å². The van der Waals surface area contributed by atoms with Crippen LogP contribution in [0.2, 0.25) is 0 Å². The van der Waals surface area contributed by atoms with Gasteiger partial charge in [-0.3, -0.25) is 4.90 Å². The molecule has 0 saturated carbocycles. The van der Waals surface area contributed by atoms with Gasteiger partial charge in [-0.2, -0.15) is 0 Å². The zero-order valence-corrected chi connectivity index (χ0v) is 8.05. The lowest BCUT2D eigenvalue weighted by Crippen LogP contribution is -2.53. The molecule has 0 aromatic heterocycles. The van der Waals surface area contributed by atoms with Crippen molar-refractivity contribution in [2.45, 2.75) is 44.7 Å². The highest BCUT2D eigenvalue weighted by molar-refractivity contribution is 4.89. The smallest absolute Gasteiger partial charge is 0.0221 e. The standard InChI is InChI=1S/C10H20N2/c1-2-4-9-8-12-6-3-5-10(12)7-11-9/h9-11H,2-8H2,1H3/t9-,10-/m1/s1. The maximum Gasteiger partial charge on any atom is 0.0221 e. The van der Waals surface area contributed by atoms with Gasteiger partial charge in [0.2, 0.25) is 0 Å². The van der Waals surface area contributed by atoms with Crippen LogP contribution in [0.5, 0.6) is 0 Å². The number of fused-ring (bicyclic) bond motifs is 1. The van der Waals surface area contributed by atoms with Gasteiger partial charge in [0.05, 0.1) is 0 Å². The number of piperazine rings is 1. The van der Waals surface area contributed by atoms with E-state index in [4.69, 9.17) is 0 Å². The third-order valence-corrected chi connectivity index (χ3v) is 3.23. The summed E-state index contributed by atoms with van der Waals surface area (Å²) in [5, 5.41) is 3.65. The molecule has 0 aliphatic carbocycles. The molecule has 0 bridgehead atoms. The average Bonchev–Trinajstić information content (AvgIpc) is 2.51. The summed E-state index contributed by atoms with van der Waals surface area (Å²) < 4.78 is 0. The lowest BCUT2D eigenvalue weighted by Gasteiger charge is -2.36. The highest BCUT2D eigenvalue weighted by Crippen LogP contribution is 2.20. The Balaban J connectivity index is 1.84. The lowest BCUT2D eigenvalue weighted by atomic mass is 10.1. The van der Waals surface area contributed by atoms with Gasteiger partial charge >= 0.3 is 0 Å². The first-order valence-corrected chi connectivity index (χ1v) is 5.37. The topological polar surface area (TPSA) is 15.3 Å². The number of hydrogen-bond donors (Lipinski definition) is 1. The van der Waals surface area contributed by atoms with Gasteiger partial charge in [0.1, 0.15) is 0 Å². The van der Waals surface area contributed by atoms with E-state index in [1.165, 1.54) is 45.3 Å². The van der Waals surface area contributed by atoms with E-state index < -0.39 is 0 Å². The Hall–Kier alpha value is -0.0800. The molecule has 70 valence electrons. The summed E-state index contributed by atoms with van der Waals surface area (Å²) in [6, 6.07) is 1.66. The SMILES string of the molecule is CCC[C@@H]1CN2CCC[C@@H]2CN1. The van der Waals surface area contributed by atoms with Gasteiger partial charge < -0.3 is 5.32 Å². The fraction of sp³-hybridized carbons (Fsp3) is 1.00. The third kappa shape index (κ3) is 1.64. The monoisotopic (exact) mass is 168 g/mol. The van der Waals surface area contributed by atoms with E-state index in [1.807, 2.05) is 0 Å². The molecule has 0 aromatic carbocycles. The van der Waals surface area contributed by atoms with Crippen molar-refractivity contribution >= 4 is 0 Å². The fourth-order valence-corrected chi connectivity index (χ4v) is 2.56. The summed E-state index contributed by atoms with van der Waals surface area (Å²) in [6.45, 7) is 6.17. The molecular formula is C10H20N2. The second kappa shape index (κ2) is 3.75. The molecule has 0 spiro atoms. The summed E-state index contributed by atoms with van der Waals surface area (Å²) in [5.41, 5.74) is 0. The van der Waals surface area contributed by atoms with E-state index in [2.05, 4.69) is 17.1 Å². The minimum atomic E-state index is 0.782. The maximum atomic E-state index is 3.65. The van der Waals surface area contributed by atoms with Crippen LogP contribution in [0.3, 0.4) is 0 Å². The van der Waals surface area contributed by atoms with Crippen molar-refractivity contribution in [2.24, 2.45) is 0 Å². The number of nitrogens with zero attached hydrogens (tertiary/aromatic N) is 1. The Labute approximate surface area is 75.3 Å². The molecule has 0 unspecified atom stereocenters. The van der Waals surface area contributed by atoms with Gasteiger partial charge in [-0.05, 0) is 25.8 Å². The zero-order valence-electron chi connectivity index (χ0n) is 8.05. The van der Waals surface area contributed by atoms with Gasteiger partial charge in [-0.1, -0.05) is 13.3 Å². The van der Waals surface area contributed by atoms with Crippen molar-refractivity contribution < 1.29 is 0 Å². The van der Waals surface area contributed by atoms with Crippen molar-refractivity contribution in [1.82, 2.24) is 10.2 Å². The minimum Gasteiger partial charge on any atom is -0.311 e. The van der Waals surface area contributed by atoms with Crippen LogP contribution in [0.4, 0.5) is 0 Å². The van der Waals surface area contributed by atoms with Crippen LogP contribution in [-0.4, -0.2) is 36.6 Å². The molecule has 2 fully saturated rings. The summed E-state index contributed by atoms with van der Waals surface area (Å²) in [7, 11) is 0. The summed E-state index contributed by atoms with van der Waals surface area (Å²) in [4.78, 5) is 2.68. The van der Waals surface area contributed by atoms with Crippen LogP contribution < -0.4 is 5.32 Å². The van der Waals surface area contributed by atoms with Crippen LogP contribution >= 0.6 is 0 Å². The Bertz CT molecular complexity index is 147. The molecule has 2 heterocycles. The second-order valence-electron chi connectivity index (χ2n) is 4.18. The summed E-state index contributed by atoms with van der Waals surface area (Å²) in [5.74, 6) is 0. The number of rotatable bonds is 2. The Morgan fingerprint density at radius 1 is 1.50 bits per heavy atom. The van der Waals surface area contributed by atoms with Crippen LogP contribution in [0.25, 0.3) is 0 Å². The highest BCUT2D eigenvalue weighted by Gasteiger charge is 2.30. The predicted octanol–water partition coefficient (Wildman–Crippen LogP) is 1.22. The molecule has 2 aliphatic rings. The molecule has 2 nitrogen and oxygen atoms in total. The molecule has 2 atom stereocenters. The van der Waals surface area contributed by atoms with E-state index in [0.717, 1.165) is 12.1 Å². The van der Waals surface area contributed by atoms with Crippen molar-refractivity contribution in [3.8, 4) is 0 Å². The van der Waals surface area contributed by atoms with Crippen LogP contribution in [-0.2, 0) is 0 Å². The first-order valence-electron chi connectivity index (χ1n) is 5.37.